The minimum Gasteiger partial charge on any atom is -0.489 e. The van der Waals surface area contributed by atoms with Gasteiger partial charge in [0, 0.05) is 10.3 Å². The van der Waals surface area contributed by atoms with E-state index >= 15 is 0 Å². The Morgan fingerprint density at radius 1 is 1.24 bits per heavy atom. The molecular formula is C17H14O3S. The number of benzene rings is 2. The molecule has 0 unspecified atom stereocenters. The summed E-state index contributed by atoms with van der Waals surface area (Å²) in [5.74, 6) is -0.328. The molecule has 0 aliphatic carbocycles. The number of fused-ring (bicyclic) bond motifs is 1. The Hall–Kier alpha value is -2.33. The third kappa shape index (κ3) is 2.76. The van der Waals surface area contributed by atoms with Crippen molar-refractivity contribution in [1.82, 2.24) is 0 Å². The highest BCUT2D eigenvalue weighted by Crippen LogP contribution is 2.27. The van der Waals surface area contributed by atoms with Crippen molar-refractivity contribution < 1.29 is 14.6 Å². The van der Waals surface area contributed by atoms with Crippen molar-refractivity contribution in [2.24, 2.45) is 0 Å². The van der Waals surface area contributed by atoms with E-state index in [-0.39, 0.29) is 5.56 Å². The van der Waals surface area contributed by atoms with Crippen LogP contribution in [-0.4, -0.2) is 11.1 Å². The lowest BCUT2D eigenvalue weighted by Gasteiger charge is -2.09. The van der Waals surface area contributed by atoms with Gasteiger partial charge in [0.25, 0.3) is 0 Å². The molecule has 4 heteroatoms. The smallest absolute Gasteiger partial charge is 0.335 e. The number of rotatable bonds is 4. The second kappa shape index (κ2) is 5.58. The predicted octanol–water partition coefficient (Wildman–Crippen LogP) is 4.49. The molecule has 0 atom stereocenters. The second-order valence-corrected chi connectivity index (χ2v) is 5.74. The average Bonchev–Trinajstić information content (AvgIpc) is 2.89. The molecule has 0 aliphatic heterocycles. The minimum atomic E-state index is -0.944. The molecular weight excluding hydrogens is 284 g/mol. The Morgan fingerprint density at radius 3 is 2.86 bits per heavy atom. The van der Waals surface area contributed by atoms with Gasteiger partial charge in [-0.05, 0) is 41.5 Å². The number of aryl methyl sites for hydroxylation is 1. The molecule has 1 heterocycles. The Bertz CT molecular complexity index is 805. The lowest BCUT2D eigenvalue weighted by atomic mass is 10.1. The van der Waals surface area contributed by atoms with Crippen LogP contribution in [-0.2, 0) is 6.61 Å². The SMILES string of the molecule is Cc1ccc(C(=O)O)cc1OCc1csc2ccccc12. The van der Waals surface area contributed by atoms with Crippen LogP contribution in [0.5, 0.6) is 5.75 Å². The fraction of sp³-hybridized carbons (Fsp3) is 0.118. The Labute approximate surface area is 126 Å². The van der Waals surface area contributed by atoms with Crippen molar-refractivity contribution in [3.63, 3.8) is 0 Å². The van der Waals surface area contributed by atoms with Gasteiger partial charge in [-0.2, -0.15) is 0 Å². The van der Waals surface area contributed by atoms with Gasteiger partial charge >= 0.3 is 5.97 Å². The molecule has 3 rings (SSSR count). The van der Waals surface area contributed by atoms with Gasteiger partial charge in [0.1, 0.15) is 12.4 Å². The van der Waals surface area contributed by atoms with Crippen LogP contribution in [0.1, 0.15) is 21.5 Å². The minimum absolute atomic E-state index is 0.241. The van der Waals surface area contributed by atoms with Crippen LogP contribution in [0.3, 0.4) is 0 Å². The summed E-state index contributed by atoms with van der Waals surface area (Å²) in [6, 6.07) is 13.1. The molecule has 0 radical (unpaired) electrons. The monoisotopic (exact) mass is 298 g/mol. The van der Waals surface area contributed by atoms with E-state index in [0.29, 0.717) is 12.4 Å². The standard InChI is InChI=1S/C17H14O3S/c1-11-6-7-12(17(18)19)8-15(11)20-9-13-10-21-16-5-3-2-4-14(13)16/h2-8,10H,9H2,1H3,(H,18,19). The average molecular weight is 298 g/mol. The number of hydrogen-bond donors (Lipinski definition) is 1. The van der Waals surface area contributed by atoms with Crippen molar-refractivity contribution in [1.29, 1.82) is 0 Å². The number of aromatic carboxylic acids is 1. The molecule has 0 bridgehead atoms. The molecule has 106 valence electrons. The Kier molecular flexibility index (Phi) is 3.62. The molecule has 0 amide bonds. The van der Waals surface area contributed by atoms with E-state index < -0.39 is 5.97 Å². The molecule has 0 fully saturated rings. The van der Waals surface area contributed by atoms with Crippen molar-refractivity contribution >= 4 is 27.4 Å². The van der Waals surface area contributed by atoms with Gasteiger partial charge in [0.2, 0.25) is 0 Å². The van der Waals surface area contributed by atoms with E-state index in [1.807, 2.05) is 19.1 Å². The molecule has 0 saturated heterocycles. The predicted molar refractivity (Wildman–Crippen MR) is 84.3 cm³/mol. The number of carboxylic acid groups (broad SMARTS) is 1. The van der Waals surface area contributed by atoms with Crippen molar-refractivity contribution in [3.8, 4) is 5.75 Å². The summed E-state index contributed by atoms with van der Waals surface area (Å²) in [6.45, 7) is 2.35. The first-order chi connectivity index (χ1) is 10.1. The Balaban J connectivity index is 1.84. The van der Waals surface area contributed by atoms with Gasteiger partial charge < -0.3 is 9.84 Å². The fourth-order valence-corrected chi connectivity index (χ4v) is 3.14. The van der Waals surface area contributed by atoms with E-state index in [4.69, 9.17) is 9.84 Å². The molecule has 2 aromatic carbocycles. The van der Waals surface area contributed by atoms with Gasteiger partial charge in [-0.3, -0.25) is 0 Å². The van der Waals surface area contributed by atoms with E-state index in [0.717, 1.165) is 11.1 Å². The van der Waals surface area contributed by atoms with Gasteiger partial charge in [-0.25, -0.2) is 4.79 Å². The van der Waals surface area contributed by atoms with Gasteiger partial charge in [0.05, 0.1) is 5.56 Å². The van der Waals surface area contributed by atoms with Crippen LogP contribution in [0.25, 0.3) is 10.1 Å². The number of ether oxygens (including phenoxy) is 1. The summed E-state index contributed by atoms with van der Waals surface area (Å²) in [6.07, 6.45) is 0. The largest absolute Gasteiger partial charge is 0.489 e. The topological polar surface area (TPSA) is 46.5 Å². The van der Waals surface area contributed by atoms with Crippen molar-refractivity contribution in [3.05, 3.63) is 64.5 Å². The molecule has 1 N–H and O–H groups in total. The summed E-state index contributed by atoms with van der Waals surface area (Å²) < 4.78 is 7.05. The zero-order valence-corrected chi connectivity index (χ0v) is 12.3. The summed E-state index contributed by atoms with van der Waals surface area (Å²) in [4.78, 5) is 11.0. The quantitative estimate of drug-likeness (QED) is 0.772. The summed E-state index contributed by atoms with van der Waals surface area (Å²) in [7, 11) is 0. The van der Waals surface area contributed by atoms with Gasteiger partial charge in [0.15, 0.2) is 0 Å². The van der Waals surface area contributed by atoms with Crippen molar-refractivity contribution in [2.75, 3.05) is 0 Å². The van der Waals surface area contributed by atoms with Crippen LogP contribution in [0, 0.1) is 6.92 Å². The number of carboxylic acids is 1. The molecule has 21 heavy (non-hydrogen) atoms. The summed E-state index contributed by atoms with van der Waals surface area (Å²) >= 11 is 1.69. The highest BCUT2D eigenvalue weighted by molar-refractivity contribution is 7.17. The lowest BCUT2D eigenvalue weighted by molar-refractivity contribution is 0.0696. The molecule has 0 spiro atoms. The Morgan fingerprint density at radius 2 is 2.05 bits per heavy atom. The zero-order chi connectivity index (χ0) is 14.8. The lowest BCUT2D eigenvalue weighted by Crippen LogP contribution is -2.00. The van der Waals surface area contributed by atoms with E-state index in [1.54, 1.807) is 29.5 Å². The van der Waals surface area contributed by atoms with Crippen LogP contribution < -0.4 is 4.74 Å². The third-order valence-electron chi connectivity index (χ3n) is 3.38. The van der Waals surface area contributed by atoms with Gasteiger partial charge in [-0.15, -0.1) is 11.3 Å². The number of thiophene rings is 1. The highest BCUT2D eigenvalue weighted by Gasteiger charge is 2.09. The second-order valence-electron chi connectivity index (χ2n) is 4.83. The zero-order valence-electron chi connectivity index (χ0n) is 11.5. The highest BCUT2D eigenvalue weighted by atomic mass is 32.1. The summed E-state index contributed by atoms with van der Waals surface area (Å²) in [5, 5.41) is 12.3. The first kappa shape index (κ1) is 13.6. The fourth-order valence-electron chi connectivity index (χ4n) is 2.19. The number of hydrogen-bond acceptors (Lipinski definition) is 3. The first-order valence-electron chi connectivity index (χ1n) is 6.57. The molecule has 1 aromatic heterocycles. The molecule has 0 aliphatic rings. The maximum Gasteiger partial charge on any atom is 0.335 e. The maximum absolute atomic E-state index is 11.0. The van der Waals surface area contributed by atoms with Gasteiger partial charge in [-0.1, -0.05) is 24.3 Å². The number of carbonyl (C=O) groups is 1. The van der Waals surface area contributed by atoms with Crippen LogP contribution in [0.4, 0.5) is 0 Å². The van der Waals surface area contributed by atoms with E-state index in [1.165, 1.54) is 10.1 Å². The van der Waals surface area contributed by atoms with Crippen molar-refractivity contribution in [2.45, 2.75) is 13.5 Å². The van der Waals surface area contributed by atoms with Crippen LogP contribution >= 0.6 is 11.3 Å². The molecule has 3 aromatic rings. The maximum atomic E-state index is 11.0. The van der Waals surface area contributed by atoms with Crippen LogP contribution in [0.15, 0.2) is 47.8 Å². The van der Waals surface area contributed by atoms with Crippen LogP contribution in [0.2, 0.25) is 0 Å². The van der Waals surface area contributed by atoms with E-state index in [9.17, 15) is 4.79 Å². The normalized spacial score (nSPS) is 10.7. The molecule has 0 saturated carbocycles. The van der Waals surface area contributed by atoms with E-state index in [2.05, 4.69) is 17.5 Å². The third-order valence-corrected chi connectivity index (χ3v) is 4.39. The molecule has 3 nitrogen and oxygen atoms in total. The first-order valence-corrected chi connectivity index (χ1v) is 7.45. The summed E-state index contributed by atoms with van der Waals surface area (Å²) in [5.41, 5.74) is 2.29.